The zero-order chi connectivity index (χ0) is 31.3. The maximum Gasteiger partial charge on any atom is 0.328 e. The van der Waals surface area contributed by atoms with Crippen molar-refractivity contribution in [1.82, 2.24) is 14.5 Å². The van der Waals surface area contributed by atoms with Crippen LogP contribution in [0.25, 0.3) is 17.1 Å². The number of carbonyl (C=O) groups is 1. The Hall–Kier alpha value is -4.79. The maximum atomic E-state index is 14.5. The molecule has 232 valence electrons. The lowest BCUT2D eigenvalue weighted by atomic mass is 10.1. The van der Waals surface area contributed by atoms with Crippen LogP contribution in [0.5, 0.6) is 11.5 Å². The molecule has 3 aromatic carbocycles. The fourth-order valence-corrected chi connectivity index (χ4v) is 5.57. The topological polar surface area (TPSA) is 110 Å². The van der Waals surface area contributed by atoms with E-state index in [0.717, 1.165) is 73.5 Å². The zero-order valence-corrected chi connectivity index (χ0v) is 24.5. The van der Waals surface area contributed by atoms with E-state index in [1.54, 1.807) is 18.2 Å². The van der Waals surface area contributed by atoms with E-state index >= 15 is 0 Å². The molecule has 4 aromatic rings. The Labute approximate surface area is 258 Å². The van der Waals surface area contributed by atoms with Crippen LogP contribution >= 0.6 is 0 Å². The molecule has 0 aliphatic carbocycles. The van der Waals surface area contributed by atoms with Gasteiger partial charge in [-0.05, 0) is 79.4 Å². The lowest BCUT2D eigenvalue weighted by molar-refractivity contribution is -0.131. The molecule has 2 aliphatic heterocycles. The van der Waals surface area contributed by atoms with Crippen molar-refractivity contribution in [3.8, 4) is 17.6 Å². The van der Waals surface area contributed by atoms with E-state index in [9.17, 15) is 13.6 Å². The first-order valence-corrected chi connectivity index (χ1v) is 14.9. The smallest absolute Gasteiger partial charge is 0.328 e. The Balaban J connectivity index is 1.08. The van der Waals surface area contributed by atoms with Crippen molar-refractivity contribution < 1.29 is 32.9 Å². The number of ether oxygens (including phenoxy) is 3. The van der Waals surface area contributed by atoms with Gasteiger partial charge in [0.2, 0.25) is 0 Å². The molecular formula is C34H32F2N4O5. The fourth-order valence-electron chi connectivity index (χ4n) is 5.57. The third-order valence-electron chi connectivity index (χ3n) is 8.11. The third kappa shape index (κ3) is 7.30. The van der Waals surface area contributed by atoms with Gasteiger partial charge in [0, 0.05) is 31.3 Å². The summed E-state index contributed by atoms with van der Waals surface area (Å²) in [5.74, 6) is -0.768. The quantitative estimate of drug-likeness (QED) is 0.215. The number of aliphatic carboxylic acids is 1. The molecule has 2 aliphatic rings. The first-order chi connectivity index (χ1) is 21.8. The average Bonchev–Trinajstić information content (AvgIpc) is 3.35. The largest absolute Gasteiger partial charge is 0.490 e. The summed E-state index contributed by atoms with van der Waals surface area (Å²) in [7, 11) is 0. The van der Waals surface area contributed by atoms with E-state index in [0.29, 0.717) is 18.8 Å². The number of aromatic nitrogens is 2. The van der Waals surface area contributed by atoms with Crippen molar-refractivity contribution in [2.24, 2.45) is 0 Å². The lowest BCUT2D eigenvalue weighted by Crippen LogP contribution is -2.39. The molecule has 45 heavy (non-hydrogen) atoms. The molecule has 9 nitrogen and oxygen atoms in total. The summed E-state index contributed by atoms with van der Waals surface area (Å²) in [5, 5.41) is 17.9. The van der Waals surface area contributed by atoms with Crippen molar-refractivity contribution in [2.75, 3.05) is 19.7 Å². The second kappa shape index (κ2) is 13.5. The number of rotatable bonds is 11. The first kappa shape index (κ1) is 30.2. The molecule has 1 aromatic heterocycles. The molecule has 0 unspecified atom stereocenters. The second-order valence-electron chi connectivity index (χ2n) is 11.2. The first-order valence-electron chi connectivity index (χ1n) is 14.9. The van der Waals surface area contributed by atoms with Crippen LogP contribution in [-0.4, -0.2) is 57.4 Å². The van der Waals surface area contributed by atoms with Gasteiger partial charge in [-0.15, -0.1) is 0 Å². The van der Waals surface area contributed by atoms with Crippen molar-refractivity contribution in [1.29, 1.82) is 5.26 Å². The van der Waals surface area contributed by atoms with Gasteiger partial charge in [0.1, 0.15) is 30.1 Å². The third-order valence-corrected chi connectivity index (χ3v) is 8.11. The maximum absolute atomic E-state index is 14.5. The van der Waals surface area contributed by atoms with Crippen LogP contribution in [0, 0.1) is 23.0 Å². The number of fused-ring (bicyclic) bond motifs is 1. The van der Waals surface area contributed by atoms with Crippen molar-refractivity contribution in [3.63, 3.8) is 0 Å². The molecule has 6 rings (SSSR count). The summed E-state index contributed by atoms with van der Waals surface area (Å²) < 4.78 is 48.3. The summed E-state index contributed by atoms with van der Waals surface area (Å²) in [4.78, 5) is 18.3. The average molecular weight is 615 g/mol. The number of halogens is 2. The molecule has 0 amide bonds. The number of piperidine rings is 1. The number of hydrogen-bond acceptors (Lipinski definition) is 7. The van der Waals surface area contributed by atoms with Crippen molar-refractivity contribution >= 4 is 23.1 Å². The van der Waals surface area contributed by atoms with E-state index in [-0.39, 0.29) is 35.7 Å². The fraction of sp³-hybridized carbons (Fsp3) is 0.324. The summed E-state index contributed by atoms with van der Waals surface area (Å²) >= 11 is 0. The minimum Gasteiger partial charge on any atom is -0.490 e. The SMILES string of the molecule is N#Cc1ccc(OCc2cc(OC3CCN(Cc4nc5ccc(/C=C/C(=O)O)cc5n4C[C@@H]4CCO4)CC3)ccc2F)c(F)c1. The molecule has 2 saturated heterocycles. The van der Waals surface area contributed by atoms with E-state index in [4.69, 9.17) is 29.6 Å². The van der Waals surface area contributed by atoms with E-state index < -0.39 is 17.6 Å². The van der Waals surface area contributed by atoms with Crippen LogP contribution in [0.15, 0.2) is 60.7 Å². The Morgan fingerprint density at radius 2 is 1.91 bits per heavy atom. The van der Waals surface area contributed by atoms with Crippen LogP contribution in [-0.2, 0) is 29.2 Å². The van der Waals surface area contributed by atoms with Gasteiger partial charge >= 0.3 is 5.97 Å². The molecule has 3 heterocycles. The number of benzene rings is 3. The number of nitrogens with zero attached hydrogens (tertiary/aromatic N) is 4. The number of likely N-dealkylation sites (tertiary alicyclic amines) is 1. The Bertz CT molecular complexity index is 1770. The molecule has 2 fully saturated rings. The van der Waals surface area contributed by atoms with Gasteiger partial charge in [-0.1, -0.05) is 6.07 Å². The van der Waals surface area contributed by atoms with Crippen LogP contribution < -0.4 is 9.47 Å². The number of carboxylic acid groups (broad SMARTS) is 1. The van der Waals surface area contributed by atoms with Crippen molar-refractivity contribution in [2.45, 2.75) is 51.2 Å². The predicted octanol–water partition coefficient (Wildman–Crippen LogP) is 5.70. The Morgan fingerprint density at radius 1 is 1.09 bits per heavy atom. The molecule has 0 spiro atoms. The highest BCUT2D eigenvalue weighted by molar-refractivity contribution is 5.87. The van der Waals surface area contributed by atoms with E-state index in [1.165, 1.54) is 18.2 Å². The van der Waals surface area contributed by atoms with Gasteiger partial charge in [-0.25, -0.2) is 18.6 Å². The van der Waals surface area contributed by atoms with E-state index in [2.05, 4.69) is 9.47 Å². The van der Waals surface area contributed by atoms with Gasteiger partial charge in [-0.2, -0.15) is 5.26 Å². The highest BCUT2D eigenvalue weighted by Crippen LogP contribution is 2.27. The summed E-state index contributed by atoms with van der Waals surface area (Å²) in [6.45, 7) is 3.48. The number of nitriles is 1. The van der Waals surface area contributed by atoms with Gasteiger partial charge in [-0.3, -0.25) is 4.90 Å². The molecule has 0 saturated carbocycles. The molecular weight excluding hydrogens is 582 g/mol. The minimum absolute atomic E-state index is 0.0535. The van der Waals surface area contributed by atoms with Crippen LogP contribution in [0.3, 0.4) is 0 Å². The van der Waals surface area contributed by atoms with E-state index in [1.807, 2.05) is 24.3 Å². The minimum atomic E-state index is -0.996. The van der Waals surface area contributed by atoms with Crippen LogP contribution in [0.4, 0.5) is 8.78 Å². The standard InChI is InChI=1S/C34H32F2N4O5/c35-28-5-4-26(17-24(28)21-44-32-7-2-23(18-37)15-29(32)36)45-25-9-12-39(13-10-25)20-33-38-30-6-1-22(3-8-34(41)42)16-31(30)40(33)19-27-11-14-43-27/h1-8,15-17,25,27H,9-14,19-21H2,(H,41,42)/b8-3+/t27-/m0/s1. The second-order valence-corrected chi connectivity index (χ2v) is 11.2. The molecule has 1 atom stereocenters. The molecule has 0 bridgehead atoms. The van der Waals surface area contributed by atoms with Gasteiger partial charge in [0.15, 0.2) is 11.6 Å². The molecule has 11 heteroatoms. The van der Waals surface area contributed by atoms with Gasteiger partial charge in [0.25, 0.3) is 0 Å². The Kier molecular flexibility index (Phi) is 9.05. The van der Waals surface area contributed by atoms with Crippen molar-refractivity contribution in [3.05, 3.63) is 94.8 Å². The zero-order valence-electron chi connectivity index (χ0n) is 24.5. The van der Waals surface area contributed by atoms with Gasteiger partial charge in [0.05, 0.1) is 41.9 Å². The summed E-state index contributed by atoms with van der Waals surface area (Å²) in [6, 6.07) is 16.0. The van der Waals surface area contributed by atoms with Gasteiger partial charge < -0.3 is 23.9 Å². The number of carboxylic acids is 1. The summed E-state index contributed by atoms with van der Waals surface area (Å²) in [6.07, 6.45) is 5.32. The lowest BCUT2D eigenvalue weighted by Gasteiger charge is -2.32. The molecule has 1 N–H and O–H groups in total. The monoisotopic (exact) mass is 614 g/mol. The molecule has 0 radical (unpaired) electrons. The van der Waals surface area contributed by atoms with Crippen LogP contribution in [0.1, 0.15) is 41.8 Å². The summed E-state index contributed by atoms with van der Waals surface area (Å²) in [5.41, 5.74) is 3.01. The Morgan fingerprint density at radius 3 is 2.62 bits per heavy atom. The van der Waals surface area contributed by atoms with Crippen LogP contribution in [0.2, 0.25) is 0 Å². The normalized spacial score (nSPS) is 17.3. The predicted molar refractivity (Wildman–Crippen MR) is 162 cm³/mol. The highest BCUT2D eigenvalue weighted by Gasteiger charge is 2.25. The number of hydrogen-bond donors (Lipinski definition) is 1. The highest BCUT2D eigenvalue weighted by atomic mass is 19.1. The number of imidazole rings is 1.